The standard InChI is InChI=1S/C20H12F10O7/c21-9-11(23)15(27)19(16(28)12(9)24)36-7(31)5-34-3-1-33-2-4-35-6-8(32)37-20-17(29)13(25)10(22)14(26)18(20)30/h1-6H2. The molecule has 0 radical (unpaired) electrons. The molecule has 0 unspecified atom stereocenters. The van der Waals surface area contributed by atoms with Crippen LogP contribution in [0.3, 0.4) is 0 Å². The number of esters is 2. The summed E-state index contributed by atoms with van der Waals surface area (Å²) in [7, 11) is 0. The number of rotatable bonds is 12. The zero-order chi connectivity index (χ0) is 27.9. The molecule has 2 aromatic rings. The largest absolute Gasteiger partial charge is 0.418 e. The summed E-state index contributed by atoms with van der Waals surface area (Å²) in [6, 6.07) is 0. The fourth-order valence-electron chi connectivity index (χ4n) is 2.28. The summed E-state index contributed by atoms with van der Waals surface area (Å²) in [6.45, 7) is -3.10. The van der Waals surface area contributed by atoms with Gasteiger partial charge in [0.25, 0.3) is 0 Å². The summed E-state index contributed by atoms with van der Waals surface area (Å²) in [5, 5.41) is 0. The van der Waals surface area contributed by atoms with Crippen molar-refractivity contribution in [2.45, 2.75) is 0 Å². The van der Waals surface area contributed by atoms with Gasteiger partial charge in [0.2, 0.25) is 69.7 Å². The van der Waals surface area contributed by atoms with E-state index in [0.717, 1.165) is 0 Å². The Balaban J connectivity index is 1.63. The fraction of sp³-hybridized carbons (Fsp3) is 0.300. The van der Waals surface area contributed by atoms with Crippen molar-refractivity contribution in [1.82, 2.24) is 0 Å². The monoisotopic (exact) mass is 554 g/mol. The molecule has 0 saturated heterocycles. The highest BCUT2D eigenvalue weighted by molar-refractivity contribution is 5.74. The summed E-state index contributed by atoms with van der Waals surface area (Å²) < 4.78 is 154. The van der Waals surface area contributed by atoms with Gasteiger partial charge in [-0.2, -0.15) is 17.6 Å². The van der Waals surface area contributed by atoms with Gasteiger partial charge < -0.3 is 23.7 Å². The topological polar surface area (TPSA) is 80.3 Å². The smallest absolute Gasteiger partial charge is 0.337 e. The number of ether oxygens (including phenoxy) is 5. The van der Waals surface area contributed by atoms with E-state index >= 15 is 0 Å². The third-order valence-electron chi connectivity index (χ3n) is 3.95. The van der Waals surface area contributed by atoms with Gasteiger partial charge in [0, 0.05) is 0 Å². The quantitative estimate of drug-likeness (QED) is 0.0991. The Morgan fingerprint density at radius 1 is 0.405 bits per heavy atom. The van der Waals surface area contributed by atoms with Gasteiger partial charge in [-0.05, 0) is 0 Å². The van der Waals surface area contributed by atoms with Crippen LogP contribution in [0.15, 0.2) is 0 Å². The van der Waals surface area contributed by atoms with Crippen LogP contribution in [0.4, 0.5) is 43.9 Å². The molecule has 0 bridgehead atoms. The van der Waals surface area contributed by atoms with Gasteiger partial charge >= 0.3 is 11.9 Å². The van der Waals surface area contributed by atoms with E-state index in [0.29, 0.717) is 0 Å². The third kappa shape index (κ3) is 7.30. The maximum atomic E-state index is 13.4. The van der Waals surface area contributed by atoms with E-state index < -0.39 is 94.8 Å². The van der Waals surface area contributed by atoms with Crippen molar-refractivity contribution in [3.8, 4) is 11.5 Å². The maximum absolute atomic E-state index is 13.4. The molecule has 0 saturated carbocycles. The van der Waals surface area contributed by atoms with Gasteiger partial charge in [0.05, 0.1) is 26.4 Å². The van der Waals surface area contributed by atoms with Crippen molar-refractivity contribution in [2.24, 2.45) is 0 Å². The second kappa shape index (κ2) is 13.2. The van der Waals surface area contributed by atoms with Gasteiger partial charge in [0.15, 0.2) is 0 Å². The van der Waals surface area contributed by atoms with Gasteiger partial charge in [-0.25, -0.2) is 35.9 Å². The van der Waals surface area contributed by atoms with Crippen LogP contribution in [0.1, 0.15) is 0 Å². The van der Waals surface area contributed by atoms with Crippen LogP contribution in [0.2, 0.25) is 0 Å². The minimum absolute atomic E-state index is 0.242. The van der Waals surface area contributed by atoms with E-state index in [1.807, 2.05) is 0 Å². The molecule has 17 heteroatoms. The van der Waals surface area contributed by atoms with E-state index in [9.17, 15) is 53.5 Å². The summed E-state index contributed by atoms with van der Waals surface area (Å²) in [5.74, 6) is -30.2. The van der Waals surface area contributed by atoms with Gasteiger partial charge in [-0.3, -0.25) is 0 Å². The Hall–Kier alpha value is -3.44. The summed E-state index contributed by atoms with van der Waals surface area (Å²) in [4.78, 5) is 22.9. The number of carbonyl (C=O) groups excluding carboxylic acids is 2. The van der Waals surface area contributed by atoms with E-state index in [1.165, 1.54) is 0 Å². The second-order valence-corrected chi connectivity index (χ2v) is 6.46. The van der Waals surface area contributed by atoms with Crippen molar-refractivity contribution in [2.75, 3.05) is 39.6 Å². The molecule has 0 aliphatic heterocycles. The lowest BCUT2D eigenvalue weighted by Crippen LogP contribution is -2.21. The molecule has 204 valence electrons. The van der Waals surface area contributed by atoms with Gasteiger partial charge in [-0.1, -0.05) is 0 Å². The fourth-order valence-corrected chi connectivity index (χ4v) is 2.28. The lowest BCUT2D eigenvalue weighted by atomic mass is 10.2. The molecule has 37 heavy (non-hydrogen) atoms. The summed E-state index contributed by atoms with van der Waals surface area (Å²) in [6.07, 6.45) is 0. The summed E-state index contributed by atoms with van der Waals surface area (Å²) >= 11 is 0. The van der Waals surface area contributed by atoms with Gasteiger partial charge in [0.1, 0.15) is 13.2 Å². The average molecular weight is 554 g/mol. The van der Waals surface area contributed by atoms with Crippen LogP contribution in [0, 0.1) is 58.2 Å². The van der Waals surface area contributed by atoms with Crippen LogP contribution < -0.4 is 9.47 Å². The third-order valence-corrected chi connectivity index (χ3v) is 3.95. The SMILES string of the molecule is O=C(COCCOCCOCC(=O)Oc1c(F)c(F)c(F)c(F)c1F)Oc1c(F)c(F)c(F)c(F)c1F. The maximum Gasteiger partial charge on any atom is 0.337 e. The molecule has 0 fully saturated rings. The minimum atomic E-state index is -2.44. The first kappa shape index (κ1) is 29.8. The van der Waals surface area contributed by atoms with E-state index in [4.69, 9.17) is 14.2 Å². The van der Waals surface area contributed by atoms with Crippen molar-refractivity contribution in [3.63, 3.8) is 0 Å². The predicted octanol–water partition coefficient (Wildman–Crippen LogP) is 3.64. The highest BCUT2D eigenvalue weighted by atomic mass is 19.2. The van der Waals surface area contributed by atoms with Gasteiger partial charge in [-0.15, -0.1) is 0 Å². The predicted molar refractivity (Wildman–Crippen MR) is 96.2 cm³/mol. The number of carbonyl (C=O) groups is 2. The average Bonchev–Trinajstić information content (AvgIpc) is 2.88. The Kier molecular flexibility index (Phi) is 10.6. The molecule has 0 N–H and O–H groups in total. The number of hydrogen-bond acceptors (Lipinski definition) is 7. The molecule has 0 amide bonds. The molecule has 0 spiro atoms. The second-order valence-electron chi connectivity index (χ2n) is 6.46. The molecule has 0 aliphatic rings. The Bertz CT molecular complexity index is 1030. The first-order valence-corrected chi connectivity index (χ1v) is 9.55. The zero-order valence-corrected chi connectivity index (χ0v) is 17.9. The van der Waals surface area contributed by atoms with Crippen LogP contribution in [0.5, 0.6) is 11.5 Å². The molecule has 2 aromatic carbocycles. The first-order chi connectivity index (χ1) is 17.4. The van der Waals surface area contributed by atoms with E-state index in [1.54, 1.807) is 0 Å². The van der Waals surface area contributed by atoms with Crippen molar-refractivity contribution < 1.29 is 77.2 Å². The van der Waals surface area contributed by atoms with Crippen molar-refractivity contribution >= 4 is 11.9 Å². The van der Waals surface area contributed by atoms with E-state index in [2.05, 4.69) is 9.47 Å². The highest BCUT2D eigenvalue weighted by Gasteiger charge is 2.29. The first-order valence-electron chi connectivity index (χ1n) is 9.55. The molecule has 0 atom stereocenters. The minimum Gasteiger partial charge on any atom is -0.418 e. The molecule has 0 aromatic heterocycles. The van der Waals surface area contributed by atoms with Crippen LogP contribution in [0.25, 0.3) is 0 Å². The molecule has 2 rings (SSSR count). The van der Waals surface area contributed by atoms with Crippen molar-refractivity contribution in [1.29, 1.82) is 0 Å². The summed E-state index contributed by atoms with van der Waals surface area (Å²) in [5.41, 5.74) is 0. The molecule has 7 nitrogen and oxygen atoms in total. The lowest BCUT2D eigenvalue weighted by Gasteiger charge is -2.10. The number of benzene rings is 2. The lowest BCUT2D eigenvalue weighted by molar-refractivity contribution is -0.140. The van der Waals surface area contributed by atoms with Crippen LogP contribution in [-0.4, -0.2) is 51.6 Å². The van der Waals surface area contributed by atoms with Crippen LogP contribution >= 0.6 is 0 Å². The Morgan fingerprint density at radius 3 is 0.946 bits per heavy atom. The van der Waals surface area contributed by atoms with E-state index in [-0.39, 0.29) is 26.4 Å². The zero-order valence-electron chi connectivity index (χ0n) is 17.9. The number of hydrogen-bond donors (Lipinski definition) is 0. The molecular weight excluding hydrogens is 542 g/mol. The normalized spacial score (nSPS) is 11.1. The Labute approximate surface area is 199 Å². The van der Waals surface area contributed by atoms with Crippen molar-refractivity contribution in [3.05, 3.63) is 58.2 Å². The number of halogens is 10. The molecular formula is C20H12F10O7. The Morgan fingerprint density at radius 2 is 0.649 bits per heavy atom. The molecule has 0 heterocycles. The van der Waals surface area contributed by atoms with Crippen LogP contribution in [-0.2, 0) is 23.8 Å². The highest BCUT2D eigenvalue weighted by Crippen LogP contribution is 2.30. The molecule has 0 aliphatic carbocycles.